The van der Waals surface area contributed by atoms with E-state index in [1.807, 2.05) is 32.0 Å². The molecule has 1 nitrogen and oxygen atoms in total. The number of fused-ring (bicyclic) bond motifs is 1. The molecule has 0 fully saturated rings. The molecule has 2 rings (SSSR count). The zero-order valence-electron chi connectivity index (χ0n) is 9.54. The van der Waals surface area contributed by atoms with Crippen LogP contribution in [0, 0.1) is 0 Å². The van der Waals surface area contributed by atoms with Crippen LogP contribution < -0.4 is 4.74 Å². The van der Waals surface area contributed by atoms with Crippen molar-refractivity contribution in [2.45, 2.75) is 44.9 Å². The van der Waals surface area contributed by atoms with E-state index in [1.54, 1.807) is 0 Å². The first-order valence-electron chi connectivity index (χ1n) is 5.72. The van der Waals surface area contributed by atoms with Crippen molar-refractivity contribution in [1.82, 2.24) is 0 Å². The van der Waals surface area contributed by atoms with Crippen LogP contribution in [0.5, 0.6) is 5.75 Å². The maximum atomic E-state index is 13.4. The second-order valence-electron chi connectivity index (χ2n) is 4.34. The summed E-state index contributed by atoms with van der Waals surface area (Å²) in [6, 6.07) is 5.62. The van der Waals surface area contributed by atoms with E-state index < -0.39 is 6.17 Å². The maximum absolute atomic E-state index is 13.4. The monoisotopic (exact) mass is 242 g/mol. The van der Waals surface area contributed by atoms with Gasteiger partial charge in [-0.1, -0.05) is 31.5 Å². The third-order valence-corrected chi connectivity index (χ3v) is 3.56. The Balaban J connectivity index is 2.18. The molecular formula is C13H16ClFO. The Hall–Kier alpha value is -0.760. The molecule has 1 aromatic rings. The van der Waals surface area contributed by atoms with Crippen LogP contribution in [0.4, 0.5) is 4.39 Å². The molecular weight excluding hydrogens is 227 g/mol. The lowest BCUT2D eigenvalue weighted by atomic mass is 9.94. The molecule has 1 aliphatic rings. The third kappa shape index (κ3) is 2.03. The average molecular weight is 243 g/mol. The van der Waals surface area contributed by atoms with E-state index in [0.29, 0.717) is 12.8 Å². The van der Waals surface area contributed by atoms with Gasteiger partial charge in [0.2, 0.25) is 0 Å². The molecule has 3 atom stereocenters. The summed E-state index contributed by atoms with van der Waals surface area (Å²) in [7, 11) is 0. The predicted molar refractivity (Wildman–Crippen MR) is 64.1 cm³/mol. The van der Waals surface area contributed by atoms with E-state index in [-0.39, 0.29) is 12.0 Å². The fourth-order valence-electron chi connectivity index (χ4n) is 2.18. The molecule has 88 valence electrons. The highest BCUT2D eigenvalue weighted by molar-refractivity contribution is 6.31. The molecule has 0 amide bonds. The van der Waals surface area contributed by atoms with E-state index in [0.717, 1.165) is 16.3 Å². The number of benzene rings is 1. The van der Waals surface area contributed by atoms with Gasteiger partial charge in [-0.15, -0.1) is 0 Å². The van der Waals surface area contributed by atoms with Gasteiger partial charge in [0.05, 0.1) is 0 Å². The van der Waals surface area contributed by atoms with Crippen LogP contribution >= 0.6 is 11.6 Å². The highest BCUT2D eigenvalue weighted by Gasteiger charge is 2.33. The zero-order valence-corrected chi connectivity index (χ0v) is 10.3. The summed E-state index contributed by atoms with van der Waals surface area (Å²) in [6.07, 6.45) is 0.115. The van der Waals surface area contributed by atoms with Crippen molar-refractivity contribution in [3.8, 4) is 5.75 Å². The second-order valence-corrected chi connectivity index (χ2v) is 4.75. The lowest BCUT2D eigenvalue weighted by Crippen LogP contribution is -2.21. The number of rotatable bonds is 3. The van der Waals surface area contributed by atoms with Gasteiger partial charge >= 0.3 is 0 Å². The smallest absolute Gasteiger partial charge is 0.124 e. The van der Waals surface area contributed by atoms with Gasteiger partial charge < -0.3 is 4.74 Å². The van der Waals surface area contributed by atoms with Crippen LogP contribution in [-0.4, -0.2) is 12.3 Å². The number of alkyl halides is 1. The molecule has 1 heterocycles. The zero-order chi connectivity index (χ0) is 11.7. The Morgan fingerprint density at radius 1 is 1.50 bits per heavy atom. The van der Waals surface area contributed by atoms with Crippen molar-refractivity contribution < 1.29 is 9.13 Å². The van der Waals surface area contributed by atoms with Crippen molar-refractivity contribution >= 4 is 11.6 Å². The van der Waals surface area contributed by atoms with Crippen LogP contribution in [0.25, 0.3) is 0 Å². The van der Waals surface area contributed by atoms with Crippen molar-refractivity contribution in [2.24, 2.45) is 0 Å². The van der Waals surface area contributed by atoms with Gasteiger partial charge in [-0.25, -0.2) is 4.39 Å². The minimum atomic E-state index is -0.791. The van der Waals surface area contributed by atoms with E-state index in [9.17, 15) is 4.39 Å². The van der Waals surface area contributed by atoms with Crippen molar-refractivity contribution in [3.05, 3.63) is 28.8 Å². The molecule has 0 radical (unpaired) electrons. The van der Waals surface area contributed by atoms with Crippen molar-refractivity contribution in [3.63, 3.8) is 0 Å². The number of hydrogen-bond acceptors (Lipinski definition) is 1. The van der Waals surface area contributed by atoms with Gasteiger partial charge in [-0.05, 0) is 18.6 Å². The summed E-state index contributed by atoms with van der Waals surface area (Å²) in [4.78, 5) is 0. The second kappa shape index (κ2) is 4.62. The number of hydrogen-bond donors (Lipinski definition) is 0. The SMILES string of the molecule is CCC(F)CC1Oc2cccc(Cl)c2C1C. The fraction of sp³-hybridized carbons (Fsp3) is 0.538. The Labute approximate surface area is 101 Å². The van der Waals surface area contributed by atoms with E-state index in [1.165, 1.54) is 0 Å². The molecule has 0 aromatic heterocycles. The molecule has 0 spiro atoms. The van der Waals surface area contributed by atoms with Crippen LogP contribution in [0.15, 0.2) is 18.2 Å². The normalized spacial score (nSPS) is 25.0. The van der Waals surface area contributed by atoms with Crippen LogP contribution in [0.3, 0.4) is 0 Å². The minimum absolute atomic E-state index is 0.0788. The maximum Gasteiger partial charge on any atom is 0.124 e. The molecule has 0 bridgehead atoms. The highest BCUT2D eigenvalue weighted by Crippen LogP contribution is 2.43. The van der Waals surface area contributed by atoms with Crippen LogP contribution in [0.1, 0.15) is 38.2 Å². The summed E-state index contributed by atoms with van der Waals surface area (Å²) in [6.45, 7) is 3.90. The van der Waals surface area contributed by atoms with Crippen molar-refractivity contribution in [1.29, 1.82) is 0 Å². The molecule has 0 N–H and O–H groups in total. The van der Waals surface area contributed by atoms with Gasteiger partial charge in [-0.3, -0.25) is 0 Å². The summed E-state index contributed by atoms with van der Waals surface area (Å²) in [5.41, 5.74) is 1.03. The van der Waals surface area contributed by atoms with E-state index in [4.69, 9.17) is 16.3 Å². The van der Waals surface area contributed by atoms with Crippen LogP contribution in [0.2, 0.25) is 5.02 Å². The summed E-state index contributed by atoms with van der Waals surface area (Å²) in [5.74, 6) is 0.988. The third-order valence-electron chi connectivity index (χ3n) is 3.24. The quantitative estimate of drug-likeness (QED) is 0.766. The average Bonchev–Trinajstić information content (AvgIpc) is 2.57. The molecule has 0 aliphatic carbocycles. The Bertz CT molecular complexity index is 380. The van der Waals surface area contributed by atoms with Crippen LogP contribution in [-0.2, 0) is 0 Å². The van der Waals surface area contributed by atoms with E-state index in [2.05, 4.69) is 0 Å². The Morgan fingerprint density at radius 3 is 2.88 bits per heavy atom. The molecule has 3 heteroatoms. The molecule has 1 aliphatic heterocycles. The van der Waals surface area contributed by atoms with Gasteiger partial charge in [-0.2, -0.15) is 0 Å². The first-order valence-corrected chi connectivity index (χ1v) is 6.10. The summed E-state index contributed by atoms with van der Waals surface area (Å²) >= 11 is 6.13. The largest absolute Gasteiger partial charge is 0.489 e. The Kier molecular flexibility index (Phi) is 3.38. The van der Waals surface area contributed by atoms with E-state index >= 15 is 0 Å². The van der Waals surface area contributed by atoms with Gasteiger partial charge in [0, 0.05) is 22.9 Å². The number of halogens is 2. The standard InChI is InChI=1S/C13H16ClFO/c1-3-9(15)7-12-8(2)13-10(14)5-4-6-11(13)16-12/h4-6,8-9,12H,3,7H2,1-2H3. The molecule has 3 unspecified atom stereocenters. The predicted octanol–water partition coefficient (Wildman–Crippen LogP) is 4.34. The lowest BCUT2D eigenvalue weighted by Gasteiger charge is -2.17. The van der Waals surface area contributed by atoms with Gasteiger partial charge in [0.25, 0.3) is 0 Å². The number of ether oxygens (including phenoxy) is 1. The lowest BCUT2D eigenvalue weighted by molar-refractivity contribution is 0.150. The Morgan fingerprint density at radius 2 is 2.25 bits per heavy atom. The summed E-state index contributed by atoms with van der Waals surface area (Å²) < 4.78 is 19.1. The van der Waals surface area contributed by atoms with Crippen molar-refractivity contribution in [2.75, 3.05) is 0 Å². The first-order chi connectivity index (χ1) is 7.63. The topological polar surface area (TPSA) is 9.23 Å². The first kappa shape index (κ1) is 11.7. The van der Waals surface area contributed by atoms with Gasteiger partial charge in [0.15, 0.2) is 0 Å². The molecule has 16 heavy (non-hydrogen) atoms. The fourth-order valence-corrected chi connectivity index (χ4v) is 2.52. The minimum Gasteiger partial charge on any atom is -0.489 e. The van der Waals surface area contributed by atoms with Gasteiger partial charge in [0.1, 0.15) is 18.0 Å². The summed E-state index contributed by atoms with van der Waals surface area (Å²) in [5, 5.41) is 0.722. The molecule has 0 saturated carbocycles. The highest BCUT2D eigenvalue weighted by atomic mass is 35.5. The molecule has 0 saturated heterocycles. The molecule has 1 aromatic carbocycles.